The van der Waals surface area contributed by atoms with E-state index in [1.807, 2.05) is 0 Å². The average molecular weight is 283 g/mol. The molecule has 0 bridgehead atoms. The van der Waals surface area contributed by atoms with Crippen LogP contribution in [0.4, 0.5) is 13.2 Å². The number of amides is 1. The van der Waals surface area contributed by atoms with Crippen LogP contribution in [0.25, 0.3) is 0 Å². The molecule has 1 amide bonds. The third kappa shape index (κ3) is 3.40. The van der Waals surface area contributed by atoms with E-state index in [1.165, 1.54) is 18.2 Å². The molecule has 108 valence electrons. The van der Waals surface area contributed by atoms with Crippen LogP contribution < -0.4 is 0 Å². The lowest BCUT2D eigenvalue weighted by Gasteiger charge is -2.15. The molecule has 2 rings (SSSR count). The minimum absolute atomic E-state index is 0.114. The van der Waals surface area contributed by atoms with Crippen molar-refractivity contribution in [2.75, 3.05) is 13.1 Å². The summed E-state index contributed by atoms with van der Waals surface area (Å²) in [5.41, 5.74) is 0.0461. The molecule has 1 aromatic rings. The molecule has 1 atom stereocenters. The van der Waals surface area contributed by atoms with Gasteiger partial charge in [-0.3, -0.25) is 4.79 Å². The molecule has 20 heavy (non-hydrogen) atoms. The maximum absolute atomic E-state index is 12.6. The molecule has 1 fully saturated rings. The second-order valence-electron chi connectivity index (χ2n) is 5.05. The summed E-state index contributed by atoms with van der Waals surface area (Å²) in [4.78, 5) is 13.1. The lowest BCUT2D eigenvalue weighted by Crippen LogP contribution is -2.26. The first-order valence-corrected chi connectivity index (χ1v) is 6.47. The van der Waals surface area contributed by atoms with Crippen LogP contribution in [0.3, 0.4) is 0 Å². The topological polar surface area (TPSA) is 20.3 Å². The molecule has 0 spiro atoms. The summed E-state index contributed by atoms with van der Waals surface area (Å²) in [7, 11) is 0. The molecule has 0 N–H and O–H groups in total. The first-order valence-electron chi connectivity index (χ1n) is 6.47. The number of nitrogens with zero attached hydrogens (tertiary/aromatic N) is 1. The van der Waals surface area contributed by atoms with E-state index in [0.29, 0.717) is 25.1 Å². The molecule has 1 aromatic carbocycles. The number of halogens is 3. The van der Waals surface area contributed by atoms with Gasteiger partial charge in [0.2, 0.25) is 5.91 Å². The van der Waals surface area contributed by atoms with Gasteiger partial charge in [0.05, 0.1) is 5.56 Å². The SMILES string of the molecule is C=CC(=O)N1CCC(Cc2cccc(C(F)(F)F)c2)C1. The number of likely N-dealkylation sites (tertiary alicyclic amines) is 1. The monoisotopic (exact) mass is 283 g/mol. The van der Waals surface area contributed by atoms with E-state index in [1.54, 1.807) is 11.0 Å². The van der Waals surface area contributed by atoms with Gasteiger partial charge < -0.3 is 4.90 Å². The minimum Gasteiger partial charge on any atom is -0.339 e. The van der Waals surface area contributed by atoms with Crippen LogP contribution >= 0.6 is 0 Å². The first kappa shape index (κ1) is 14.6. The second kappa shape index (κ2) is 5.69. The van der Waals surface area contributed by atoms with E-state index in [2.05, 4.69) is 6.58 Å². The molecule has 1 saturated heterocycles. The van der Waals surface area contributed by atoms with Crippen molar-refractivity contribution in [3.05, 3.63) is 48.0 Å². The van der Waals surface area contributed by atoms with Crippen LogP contribution in [0.2, 0.25) is 0 Å². The molecule has 0 aromatic heterocycles. The highest BCUT2D eigenvalue weighted by Gasteiger charge is 2.31. The van der Waals surface area contributed by atoms with Gasteiger partial charge in [-0.05, 0) is 36.5 Å². The first-order chi connectivity index (χ1) is 9.40. The minimum atomic E-state index is -4.31. The zero-order valence-corrected chi connectivity index (χ0v) is 11.0. The van der Waals surface area contributed by atoms with Gasteiger partial charge in [0.15, 0.2) is 0 Å². The van der Waals surface area contributed by atoms with Crippen LogP contribution in [0.1, 0.15) is 17.5 Å². The van der Waals surface area contributed by atoms with Gasteiger partial charge in [-0.15, -0.1) is 0 Å². The maximum atomic E-state index is 12.6. The zero-order chi connectivity index (χ0) is 14.8. The van der Waals surface area contributed by atoms with Crippen molar-refractivity contribution in [1.29, 1.82) is 0 Å². The van der Waals surface area contributed by atoms with E-state index in [-0.39, 0.29) is 11.8 Å². The van der Waals surface area contributed by atoms with E-state index >= 15 is 0 Å². The molecule has 1 aliphatic rings. The highest BCUT2D eigenvalue weighted by Crippen LogP contribution is 2.30. The molecule has 1 heterocycles. The molecule has 1 unspecified atom stereocenters. The van der Waals surface area contributed by atoms with E-state index in [0.717, 1.165) is 12.5 Å². The predicted molar refractivity (Wildman–Crippen MR) is 70.0 cm³/mol. The quantitative estimate of drug-likeness (QED) is 0.780. The fraction of sp³-hybridized carbons (Fsp3) is 0.400. The van der Waals surface area contributed by atoms with Gasteiger partial charge >= 0.3 is 6.18 Å². The Kier molecular flexibility index (Phi) is 4.16. The van der Waals surface area contributed by atoms with Crippen molar-refractivity contribution < 1.29 is 18.0 Å². The van der Waals surface area contributed by atoms with Gasteiger partial charge in [-0.1, -0.05) is 24.8 Å². The van der Waals surface area contributed by atoms with Crippen molar-refractivity contribution in [3.8, 4) is 0 Å². The van der Waals surface area contributed by atoms with Crippen LogP contribution in [0.5, 0.6) is 0 Å². The summed E-state index contributed by atoms with van der Waals surface area (Å²) in [5, 5.41) is 0. The number of hydrogen-bond donors (Lipinski definition) is 0. The van der Waals surface area contributed by atoms with Gasteiger partial charge in [-0.2, -0.15) is 13.2 Å². The molecule has 5 heteroatoms. The van der Waals surface area contributed by atoms with Crippen LogP contribution in [-0.2, 0) is 17.4 Å². The lowest BCUT2D eigenvalue weighted by atomic mass is 9.97. The largest absolute Gasteiger partial charge is 0.416 e. The molecular weight excluding hydrogens is 267 g/mol. The van der Waals surface area contributed by atoms with Crippen molar-refractivity contribution in [2.45, 2.75) is 19.0 Å². The Hall–Kier alpha value is -1.78. The highest BCUT2D eigenvalue weighted by molar-refractivity contribution is 5.87. The zero-order valence-electron chi connectivity index (χ0n) is 11.0. The lowest BCUT2D eigenvalue weighted by molar-refractivity contribution is -0.137. The van der Waals surface area contributed by atoms with E-state index in [4.69, 9.17) is 0 Å². The Labute approximate surface area is 115 Å². The Morgan fingerprint density at radius 1 is 1.45 bits per heavy atom. The number of benzene rings is 1. The van der Waals surface area contributed by atoms with Crippen molar-refractivity contribution in [2.24, 2.45) is 5.92 Å². The Balaban J connectivity index is 2.01. The summed E-state index contributed by atoms with van der Waals surface area (Å²) in [5.74, 6) is 0.0962. The normalized spacial score (nSPS) is 19.1. The van der Waals surface area contributed by atoms with Crippen molar-refractivity contribution >= 4 is 5.91 Å². The summed E-state index contributed by atoms with van der Waals surface area (Å²) >= 11 is 0. The van der Waals surface area contributed by atoms with Crippen LogP contribution in [-0.4, -0.2) is 23.9 Å². The molecular formula is C15H16F3NO. The smallest absolute Gasteiger partial charge is 0.339 e. The number of alkyl halides is 3. The summed E-state index contributed by atoms with van der Waals surface area (Å²) in [6, 6.07) is 5.40. The van der Waals surface area contributed by atoms with Gasteiger partial charge in [-0.25, -0.2) is 0 Å². The third-order valence-corrected chi connectivity index (χ3v) is 3.55. The summed E-state index contributed by atoms with van der Waals surface area (Å²) in [6.45, 7) is 4.67. The number of carbonyl (C=O) groups excluding carboxylic acids is 1. The standard InChI is InChI=1S/C15H16F3NO/c1-2-14(20)19-7-6-12(10-19)8-11-4-3-5-13(9-11)15(16,17)18/h2-5,9,12H,1,6-8,10H2. The summed E-state index contributed by atoms with van der Waals surface area (Å²) in [6.07, 6.45) is -1.66. The molecule has 2 nitrogen and oxygen atoms in total. The molecule has 0 aliphatic carbocycles. The number of carbonyl (C=O) groups is 1. The maximum Gasteiger partial charge on any atom is 0.416 e. The Morgan fingerprint density at radius 3 is 2.85 bits per heavy atom. The average Bonchev–Trinajstić information content (AvgIpc) is 2.85. The second-order valence-corrected chi connectivity index (χ2v) is 5.05. The van der Waals surface area contributed by atoms with Crippen molar-refractivity contribution in [1.82, 2.24) is 4.90 Å². The van der Waals surface area contributed by atoms with Gasteiger partial charge in [0, 0.05) is 13.1 Å². The van der Waals surface area contributed by atoms with Crippen molar-refractivity contribution in [3.63, 3.8) is 0 Å². The van der Waals surface area contributed by atoms with E-state index in [9.17, 15) is 18.0 Å². The van der Waals surface area contributed by atoms with Gasteiger partial charge in [0.25, 0.3) is 0 Å². The third-order valence-electron chi connectivity index (χ3n) is 3.55. The fourth-order valence-corrected chi connectivity index (χ4v) is 2.54. The highest BCUT2D eigenvalue weighted by atomic mass is 19.4. The summed E-state index contributed by atoms with van der Waals surface area (Å²) < 4.78 is 37.9. The molecule has 0 radical (unpaired) electrons. The van der Waals surface area contributed by atoms with Crippen LogP contribution in [0, 0.1) is 5.92 Å². The van der Waals surface area contributed by atoms with Crippen LogP contribution in [0.15, 0.2) is 36.9 Å². The van der Waals surface area contributed by atoms with Gasteiger partial charge in [0.1, 0.15) is 0 Å². The fourth-order valence-electron chi connectivity index (χ4n) is 2.54. The number of hydrogen-bond acceptors (Lipinski definition) is 1. The molecule has 1 aliphatic heterocycles. The number of rotatable bonds is 3. The van der Waals surface area contributed by atoms with E-state index < -0.39 is 11.7 Å². The predicted octanol–water partition coefficient (Wildman–Crippen LogP) is 3.28. The Morgan fingerprint density at radius 2 is 2.20 bits per heavy atom. The Bertz CT molecular complexity index is 510. The molecule has 0 saturated carbocycles.